The zero-order chi connectivity index (χ0) is 20.6. The molecule has 1 heterocycles. The van der Waals surface area contributed by atoms with E-state index in [4.69, 9.17) is 10.00 Å². The summed E-state index contributed by atoms with van der Waals surface area (Å²) < 4.78 is 5.10. The predicted octanol–water partition coefficient (Wildman–Crippen LogP) is 3.14. The quantitative estimate of drug-likeness (QED) is 0.677. The van der Waals surface area contributed by atoms with Crippen molar-refractivity contribution in [3.63, 3.8) is 0 Å². The van der Waals surface area contributed by atoms with Crippen molar-refractivity contribution in [3.05, 3.63) is 89.2 Å². The fraction of sp³-hybridized carbons (Fsp3) is 0.0909. The van der Waals surface area contributed by atoms with Crippen LogP contribution in [0.15, 0.2) is 66.7 Å². The molecule has 0 saturated heterocycles. The highest BCUT2D eigenvalue weighted by Crippen LogP contribution is 2.12. The van der Waals surface area contributed by atoms with Gasteiger partial charge < -0.3 is 15.4 Å². The highest BCUT2D eigenvalue weighted by molar-refractivity contribution is 6.03. The van der Waals surface area contributed by atoms with Crippen LogP contribution < -0.4 is 15.4 Å². The van der Waals surface area contributed by atoms with Crippen molar-refractivity contribution in [2.45, 2.75) is 6.54 Å². The van der Waals surface area contributed by atoms with Crippen LogP contribution in [-0.4, -0.2) is 23.9 Å². The number of aromatic nitrogens is 1. The number of nitrogens with one attached hydrogen (secondary N) is 2. The summed E-state index contributed by atoms with van der Waals surface area (Å²) in [5.41, 5.74) is 2.06. The minimum absolute atomic E-state index is 0.101. The molecule has 0 bridgehead atoms. The van der Waals surface area contributed by atoms with Gasteiger partial charge in [-0.1, -0.05) is 24.3 Å². The molecule has 0 aliphatic heterocycles. The summed E-state index contributed by atoms with van der Waals surface area (Å²) in [4.78, 5) is 29.0. The molecule has 2 aromatic carbocycles. The number of carbonyl (C=O) groups is 2. The molecule has 0 fully saturated rings. The van der Waals surface area contributed by atoms with Crippen LogP contribution in [0.5, 0.6) is 5.75 Å². The molecule has 1 aromatic heterocycles. The van der Waals surface area contributed by atoms with E-state index in [1.807, 2.05) is 30.3 Å². The molecule has 0 spiro atoms. The summed E-state index contributed by atoms with van der Waals surface area (Å²) in [5.74, 6) is -0.118. The van der Waals surface area contributed by atoms with Crippen LogP contribution in [0.1, 0.15) is 32.1 Å². The molecule has 0 atom stereocenters. The third kappa shape index (κ3) is 5.17. The maximum atomic E-state index is 12.4. The smallest absolute Gasteiger partial charge is 0.274 e. The van der Waals surface area contributed by atoms with Crippen molar-refractivity contribution in [2.24, 2.45) is 0 Å². The number of ether oxygens (including phenoxy) is 1. The lowest BCUT2D eigenvalue weighted by atomic mass is 10.2. The number of amides is 2. The Kier molecular flexibility index (Phi) is 6.18. The zero-order valence-corrected chi connectivity index (χ0v) is 15.7. The van der Waals surface area contributed by atoms with Crippen LogP contribution in [0.3, 0.4) is 0 Å². The van der Waals surface area contributed by atoms with E-state index in [1.54, 1.807) is 37.4 Å². The summed E-state index contributed by atoms with van der Waals surface area (Å²) in [7, 11) is 1.59. The highest BCUT2D eigenvalue weighted by atomic mass is 16.5. The summed E-state index contributed by atoms with van der Waals surface area (Å²) in [6, 6.07) is 20.5. The van der Waals surface area contributed by atoms with Gasteiger partial charge in [0.15, 0.2) is 0 Å². The first kappa shape index (κ1) is 19.6. The van der Waals surface area contributed by atoms with Crippen LogP contribution in [-0.2, 0) is 6.54 Å². The number of anilines is 1. The van der Waals surface area contributed by atoms with Crippen LogP contribution >= 0.6 is 0 Å². The molecule has 144 valence electrons. The minimum Gasteiger partial charge on any atom is -0.497 e. The molecule has 3 rings (SSSR count). The Morgan fingerprint density at radius 3 is 2.38 bits per heavy atom. The molecule has 7 nitrogen and oxygen atoms in total. The fourth-order valence-electron chi connectivity index (χ4n) is 2.57. The van der Waals surface area contributed by atoms with Gasteiger partial charge in [0.05, 0.1) is 18.7 Å². The third-order valence-electron chi connectivity index (χ3n) is 4.08. The number of carbonyl (C=O) groups excluding carboxylic acids is 2. The first-order valence-corrected chi connectivity index (χ1v) is 8.79. The molecule has 2 N–H and O–H groups in total. The normalized spacial score (nSPS) is 9.93. The molecular weight excluding hydrogens is 368 g/mol. The first-order valence-electron chi connectivity index (χ1n) is 8.79. The van der Waals surface area contributed by atoms with Crippen molar-refractivity contribution >= 4 is 17.5 Å². The van der Waals surface area contributed by atoms with E-state index in [2.05, 4.69) is 15.6 Å². The maximum absolute atomic E-state index is 12.4. The topological polar surface area (TPSA) is 104 Å². The third-order valence-corrected chi connectivity index (χ3v) is 4.08. The van der Waals surface area contributed by atoms with Gasteiger partial charge in [0.1, 0.15) is 17.1 Å². The minimum atomic E-state index is -0.468. The Labute approximate surface area is 168 Å². The SMILES string of the molecule is COc1ccc(CNC(=O)c2cccc(C(=O)Nc3cccc(C#N)c3)n2)cc1. The van der Waals surface area contributed by atoms with Crippen molar-refractivity contribution in [3.8, 4) is 11.8 Å². The Hall–Kier alpha value is -4.18. The molecule has 3 aromatic rings. The average molecular weight is 386 g/mol. The molecule has 2 amide bonds. The first-order chi connectivity index (χ1) is 14.1. The van der Waals surface area contributed by atoms with Gasteiger partial charge in [0.25, 0.3) is 11.8 Å². The van der Waals surface area contributed by atoms with Crippen molar-refractivity contribution < 1.29 is 14.3 Å². The van der Waals surface area contributed by atoms with Gasteiger partial charge in [-0.05, 0) is 48.0 Å². The van der Waals surface area contributed by atoms with Gasteiger partial charge in [0.2, 0.25) is 0 Å². The molecule has 7 heteroatoms. The van der Waals surface area contributed by atoms with Crippen LogP contribution in [0.4, 0.5) is 5.69 Å². The number of nitriles is 1. The second-order valence-electron chi connectivity index (χ2n) is 6.09. The number of benzene rings is 2. The molecule has 0 saturated carbocycles. The Balaban J connectivity index is 1.65. The molecule has 0 unspecified atom stereocenters. The zero-order valence-electron chi connectivity index (χ0n) is 15.7. The molecule has 0 aliphatic rings. The number of nitrogens with zero attached hydrogens (tertiary/aromatic N) is 2. The van der Waals surface area contributed by atoms with Crippen LogP contribution in [0.25, 0.3) is 0 Å². The van der Waals surface area contributed by atoms with Gasteiger partial charge in [-0.25, -0.2) is 4.98 Å². The number of hydrogen-bond acceptors (Lipinski definition) is 5. The average Bonchev–Trinajstić information content (AvgIpc) is 2.78. The number of pyridine rings is 1. The van der Waals surface area contributed by atoms with E-state index in [1.165, 1.54) is 12.1 Å². The van der Waals surface area contributed by atoms with Crippen LogP contribution in [0, 0.1) is 11.3 Å². The van der Waals surface area contributed by atoms with Crippen molar-refractivity contribution in [2.75, 3.05) is 12.4 Å². The Morgan fingerprint density at radius 2 is 1.69 bits per heavy atom. The van der Waals surface area contributed by atoms with E-state index in [0.717, 1.165) is 11.3 Å². The summed E-state index contributed by atoms with van der Waals surface area (Å²) in [6.45, 7) is 0.321. The summed E-state index contributed by atoms with van der Waals surface area (Å²) in [5, 5.41) is 14.4. The number of rotatable bonds is 6. The maximum Gasteiger partial charge on any atom is 0.274 e. The van der Waals surface area contributed by atoms with Gasteiger partial charge in [-0.2, -0.15) is 5.26 Å². The predicted molar refractivity (Wildman–Crippen MR) is 108 cm³/mol. The van der Waals surface area contributed by atoms with Gasteiger partial charge in [-0.15, -0.1) is 0 Å². The lowest BCUT2D eigenvalue weighted by molar-refractivity contribution is 0.0945. The lowest BCUT2D eigenvalue weighted by Gasteiger charge is -2.08. The second-order valence-corrected chi connectivity index (χ2v) is 6.09. The standard InChI is InChI=1S/C22H18N4O3/c1-29-18-10-8-15(9-11-18)14-24-21(27)19-6-3-7-20(26-19)22(28)25-17-5-2-4-16(12-17)13-23/h2-12H,14H2,1H3,(H,24,27)(H,25,28). The fourth-order valence-corrected chi connectivity index (χ4v) is 2.57. The number of methoxy groups -OCH3 is 1. The molecule has 0 aliphatic carbocycles. The van der Waals surface area contributed by atoms with E-state index in [-0.39, 0.29) is 17.3 Å². The Morgan fingerprint density at radius 1 is 1.00 bits per heavy atom. The van der Waals surface area contributed by atoms with Crippen molar-refractivity contribution in [1.82, 2.24) is 10.3 Å². The lowest BCUT2D eigenvalue weighted by Crippen LogP contribution is -2.25. The van der Waals surface area contributed by atoms with Gasteiger partial charge in [0, 0.05) is 12.2 Å². The van der Waals surface area contributed by atoms with E-state index < -0.39 is 5.91 Å². The van der Waals surface area contributed by atoms with Crippen molar-refractivity contribution in [1.29, 1.82) is 5.26 Å². The van der Waals surface area contributed by atoms with Crippen LogP contribution in [0.2, 0.25) is 0 Å². The molecular formula is C22H18N4O3. The van der Waals surface area contributed by atoms with E-state index in [9.17, 15) is 9.59 Å². The van der Waals surface area contributed by atoms with E-state index >= 15 is 0 Å². The monoisotopic (exact) mass is 386 g/mol. The van der Waals surface area contributed by atoms with Gasteiger partial charge >= 0.3 is 0 Å². The summed E-state index contributed by atoms with van der Waals surface area (Å²) in [6.07, 6.45) is 0. The van der Waals surface area contributed by atoms with E-state index in [0.29, 0.717) is 17.8 Å². The second kappa shape index (κ2) is 9.15. The largest absolute Gasteiger partial charge is 0.497 e. The molecule has 29 heavy (non-hydrogen) atoms. The molecule has 0 radical (unpaired) electrons. The Bertz CT molecular complexity index is 1070. The summed E-state index contributed by atoms with van der Waals surface area (Å²) >= 11 is 0. The van der Waals surface area contributed by atoms with Gasteiger partial charge in [-0.3, -0.25) is 9.59 Å². The highest BCUT2D eigenvalue weighted by Gasteiger charge is 2.13. The number of hydrogen-bond donors (Lipinski definition) is 2.